The molecule has 0 saturated heterocycles. The summed E-state index contributed by atoms with van der Waals surface area (Å²) in [6.07, 6.45) is 5.57. The Morgan fingerprint density at radius 2 is 2.07 bits per heavy atom. The van der Waals surface area contributed by atoms with Crippen LogP contribution in [0.1, 0.15) is 61.5 Å². The number of benzene rings is 1. The van der Waals surface area contributed by atoms with Crippen molar-refractivity contribution in [2.45, 2.75) is 57.6 Å². The van der Waals surface area contributed by atoms with Crippen LogP contribution in [0.3, 0.4) is 0 Å². The summed E-state index contributed by atoms with van der Waals surface area (Å²) >= 11 is 0. The number of aromatic nitrogens is 4. The fourth-order valence-corrected chi connectivity index (χ4v) is 4.56. The number of hydrogen-bond donors (Lipinski definition) is 1. The van der Waals surface area contributed by atoms with Crippen LogP contribution in [0.5, 0.6) is 0 Å². The van der Waals surface area contributed by atoms with Crippen molar-refractivity contribution in [3.63, 3.8) is 0 Å². The van der Waals surface area contributed by atoms with E-state index in [0.29, 0.717) is 12.0 Å². The van der Waals surface area contributed by atoms with Crippen molar-refractivity contribution in [3.05, 3.63) is 53.3 Å². The Kier molecular flexibility index (Phi) is 4.33. The monoisotopic (exact) mass is 401 g/mol. The van der Waals surface area contributed by atoms with Crippen molar-refractivity contribution in [1.82, 2.24) is 19.7 Å². The van der Waals surface area contributed by atoms with Gasteiger partial charge in [0, 0.05) is 17.5 Å². The number of pyridine rings is 1. The van der Waals surface area contributed by atoms with Crippen molar-refractivity contribution in [3.8, 4) is 6.07 Å². The molecule has 5 rings (SSSR count). The number of rotatable bonds is 3. The zero-order valence-corrected chi connectivity index (χ0v) is 17.1. The zero-order valence-electron chi connectivity index (χ0n) is 17.1. The minimum absolute atomic E-state index is 0.217. The van der Waals surface area contributed by atoms with Gasteiger partial charge in [0.25, 0.3) is 0 Å². The summed E-state index contributed by atoms with van der Waals surface area (Å²) in [4.78, 5) is 9.47. The van der Waals surface area contributed by atoms with Crippen LogP contribution < -0.4 is 0 Å². The summed E-state index contributed by atoms with van der Waals surface area (Å²) in [5, 5.41) is 24.9. The Hall–Kier alpha value is -3.24. The molecule has 0 aliphatic heterocycles. The second kappa shape index (κ2) is 6.92. The molecule has 30 heavy (non-hydrogen) atoms. The van der Waals surface area contributed by atoms with E-state index in [4.69, 9.17) is 9.51 Å². The van der Waals surface area contributed by atoms with E-state index < -0.39 is 5.60 Å². The van der Waals surface area contributed by atoms with Gasteiger partial charge in [0.1, 0.15) is 17.1 Å². The van der Waals surface area contributed by atoms with E-state index in [1.807, 2.05) is 32.0 Å². The first-order chi connectivity index (χ1) is 14.4. The Morgan fingerprint density at radius 1 is 1.27 bits per heavy atom. The molecule has 3 aromatic heterocycles. The van der Waals surface area contributed by atoms with Crippen LogP contribution in [0.2, 0.25) is 0 Å². The number of imidazole rings is 1. The van der Waals surface area contributed by atoms with Crippen molar-refractivity contribution < 1.29 is 9.63 Å². The average molecular weight is 401 g/mol. The molecule has 3 heterocycles. The van der Waals surface area contributed by atoms with E-state index >= 15 is 0 Å². The fraction of sp³-hybridized carbons (Fsp3) is 0.391. The SMILES string of the molecule is Cc1cc(Cc2nc3cnc4ccc(C#N)cc4c3n2[C@H]2CC[C@](C)(O)CC2)no1. The second-order valence-electron chi connectivity index (χ2n) is 8.57. The summed E-state index contributed by atoms with van der Waals surface area (Å²) in [5.41, 5.74) is 3.47. The first-order valence-corrected chi connectivity index (χ1v) is 10.3. The van der Waals surface area contributed by atoms with Gasteiger partial charge < -0.3 is 14.2 Å². The second-order valence-corrected chi connectivity index (χ2v) is 8.57. The third kappa shape index (κ3) is 3.23. The maximum absolute atomic E-state index is 10.5. The first-order valence-electron chi connectivity index (χ1n) is 10.3. The first kappa shape index (κ1) is 18.8. The fourth-order valence-electron chi connectivity index (χ4n) is 4.56. The smallest absolute Gasteiger partial charge is 0.133 e. The summed E-state index contributed by atoms with van der Waals surface area (Å²) in [5.74, 6) is 1.67. The van der Waals surface area contributed by atoms with Crippen molar-refractivity contribution >= 4 is 21.9 Å². The maximum atomic E-state index is 10.5. The molecule has 1 fully saturated rings. The van der Waals surface area contributed by atoms with Gasteiger partial charge in [0.2, 0.25) is 0 Å². The van der Waals surface area contributed by atoms with Gasteiger partial charge in [-0.05, 0) is 57.7 Å². The number of nitrogens with zero attached hydrogens (tertiary/aromatic N) is 5. The van der Waals surface area contributed by atoms with Crippen LogP contribution in [0.4, 0.5) is 0 Å². The Balaban J connectivity index is 1.72. The van der Waals surface area contributed by atoms with E-state index in [9.17, 15) is 10.4 Å². The standard InChI is InChI=1S/C23H23N5O2/c1-14-9-16(27-30-14)11-21-26-20-13-25-19-4-3-15(12-24)10-18(19)22(20)28(21)17-5-7-23(2,29)8-6-17/h3-4,9-10,13,17,29H,5-8,11H2,1-2H3/t17-,23-. The van der Waals surface area contributed by atoms with Gasteiger partial charge in [-0.3, -0.25) is 4.98 Å². The number of aryl methyl sites for hydroxylation is 1. The normalized spacial score (nSPS) is 21.9. The lowest BCUT2D eigenvalue weighted by Crippen LogP contribution is -2.31. The largest absolute Gasteiger partial charge is 0.390 e. The predicted octanol–water partition coefficient (Wildman–Crippen LogP) is 4.21. The molecule has 1 aliphatic rings. The molecule has 1 N–H and O–H groups in total. The molecule has 7 nitrogen and oxygen atoms in total. The minimum atomic E-state index is -0.617. The van der Waals surface area contributed by atoms with Gasteiger partial charge in [0.05, 0.1) is 46.6 Å². The molecule has 0 atom stereocenters. The van der Waals surface area contributed by atoms with Crippen LogP contribution >= 0.6 is 0 Å². The van der Waals surface area contributed by atoms with Gasteiger partial charge in [0.15, 0.2) is 0 Å². The number of nitriles is 1. The van der Waals surface area contributed by atoms with Crippen molar-refractivity contribution in [2.24, 2.45) is 0 Å². The summed E-state index contributed by atoms with van der Waals surface area (Å²) < 4.78 is 7.55. The number of fused-ring (bicyclic) bond motifs is 3. The Morgan fingerprint density at radius 3 is 2.77 bits per heavy atom. The van der Waals surface area contributed by atoms with E-state index in [0.717, 1.165) is 64.9 Å². The Labute approximate surface area is 174 Å². The molecule has 7 heteroatoms. The lowest BCUT2D eigenvalue weighted by atomic mass is 9.83. The molecule has 152 valence electrons. The Bertz CT molecular complexity index is 1280. The van der Waals surface area contributed by atoms with Gasteiger partial charge in [-0.1, -0.05) is 5.16 Å². The summed E-state index contributed by atoms with van der Waals surface area (Å²) in [7, 11) is 0. The van der Waals surface area contributed by atoms with Gasteiger partial charge in [-0.15, -0.1) is 0 Å². The average Bonchev–Trinajstić information content (AvgIpc) is 3.31. The maximum Gasteiger partial charge on any atom is 0.133 e. The van der Waals surface area contributed by atoms with Gasteiger partial charge in [-0.25, -0.2) is 4.98 Å². The quantitative estimate of drug-likeness (QED) is 0.552. The van der Waals surface area contributed by atoms with Crippen LogP contribution in [-0.2, 0) is 6.42 Å². The topological polar surface area (TPSA) is 101 Å². The summed E-state index contributed by atoms with van der Waals surface area (Å²) in [6.45, 7) is 3.79. The van der Waals surface area contributed by atoms with Crippen molar-refractivity contribution in [1.29, 1.82) is 5.26 Å². The molecular formula is C23H23N5O2. The molecule has 1 aliphatic carbocycles. The van der Waals surface area contributed by atoms with E-state index in [-0.39, 0.29) is 6.04 Å². The molecule has 4 aromatic rings. The number of aliphatic hydroxyl groups is 1. The van der Waals surface area contributed by atoms with Crippen molar-refractivity contribution in [2.75, 3.05) is 0 Å². The van der Waals surface area contributed by atoms with Crippen LogP contribution in [0, 0.1) is 18.3 Å². The molecule has 0 bridgehead atoms. The van der Waals surface area contributed by atoms with Gasteiger partial charge in [-0.2, -0.15) is 5.26 Å². The molecule has 1 aromatic carbocycles. The highest BCUT2D eigenvalue weighted by Gasteiger charge is 2.32. The van der Waals surface area contributed by atoms with Crippen LogP contribution in [0.25, 0.3) is 21.9 Å². The number of hydrogen-bond acceptors (Lipinski definition) is 6. The highest BCUT2D eigenvalue weighted by atomic mass is 16.5. The van der Waals surface area contributed by atoms with Gasteiger partial charge >= 0.3 is 0 Å². The lowest BCUT2D eigenvalue weighted by molar-refractivity contribution is 0.0101. The molecule has 0 amide bonds. The molecular weight excluding hydrogens is 378 g/mol. The van der Waals surface area contributed by atoms with E-state index in [1.165, 1.54) is 0 Å². The zero-order chi connectivity index (χ0) is 20.9. The van der Waals surface area contributed by atoms with Crippen LogP contribution in [0.15, 0.2) is 35.0 Å². The minimum Gasteiger partial charge on any atom is -0.390 e. The molecule has 0 unspecified atom stereocenters. The molecule has 0 spiro atoms. The lowest BCUT2D eigenvalue weighted by Gasteiger charge is -2.34. The third-order valence-corrected chi connectivity index (χ3v) is 6.13. The predicted molar refractivity (Wildman–Crippen MR) is 112 cm³/mol. The molecule has 0 radical (unpaired) electrons. The van der Waals surface area contributed by atoms with E-state index in [1.54, 1.807) is 12.3 Å². The highest BCUT2D eigenvalue weighted by Crippen LogP contribution is 2.39. The highest BCUT2D eigenvalue weighted by molar-refractivity contribution is 6.02. The van der Waals surface area contributed by atoms with Crippen LogP contribution in [-0.4, -0.2) is 30.4 Å². The molecule has 1 saturated carbocycles. The summed E-state index contributed by atoms with van der Waals surface area (Å²) in [6, 6.07) is 9.95. The third-order valence-electron chi connectivity index (χ3n) is 6.13. The van der Waals surface area contributed by atoms with E-state index in [2.05, 4.69) is 20.8 Å².